The van der Waals surface area contributed by atoms with E-state index in [2.05, 4.69) is 43.9 Å². The lowest BCUT2D eigenvalue weighted by Gasteiger charge is -2.16. The highest BCUT2D eigenvalue weighted by Gasteiger charge is 2.36. The number of hydrogen-bond donors (Lipinski definition) is 2. The Balaban J connectivity index is 1.88. The molecule has 1 aliphatic carbocycles. The molecule has 0 aromatic carbocycles. The molecule has 0 unspecified atom stereocenters. The van der Waals surface area contributed by atoms with Crippen LogP contribution in [0.4, 0.5) is 0 Å². The van der Waals surface area contributed by atoms with E-state index in [9.17, 15) is 0 Å². The first-order valence-electron chi connectivity index (χ1n) is 7.66. The van der Waals surface area contributed by atoms with E-state index in [0.717, 1.165) is 29.1 Å². The lowest BCUT2D eigenvalue weighted by Crippen LogP contribution is -2.21. The summed E-state index contributed by atoms with van der Waals surface area (Å²) in [5.41, 5.74) is 2.79. The maximum atomic E-state index is 4.51. The zero-order valence-electron chi connectivity index (χ0n) is 12.4. The SMILES string of the molecule is CC[C@@H]1C[C@H](NC)C[C@@H]1c1nnc2cnc3[nH]ccc3n12. The van der Waals surface area contributed by atoms with Gasteiger partial charge in [0.25, 0.3) is 0 Å². The molecule has 4 rings (SSSR count). The van der Waals surface area contributed by atoms with Gasteiger partial charge in [-0.2, -0.15) is 0 Å². The molecule has 2 N–H and O–H groups in total. The van der Waals surface area contributed by atoms with Crippen molar-refractivity contribution in [1.29, 1.82) is 0 Å². The van der Waals surface area contributed by atoms with Gasteiger partial charge in [-0.25, -0.2) is 4.98 Å². The van der Waals surface area contributed by atoms with Crippen LogP contribution >= 0.6 is 0 Å². The van der Waals surface area contributed by atoms with Gasteiger partial charge in [0.05, 0.1) is 11.7 Å². The minimum atomic E-state index is 0.461. The molecule has 0 saturated heterocycles. The van der Waals surface area contributed by atoms with Gasteiger partial charge in [-0.1, -0.05) is 13.3 Å². The van der Waals surface area contributed by atoms with Gasteiger partial charge in [-0.15, -0.1) is 10.2 Å². The summed E-state index contributed by atoms with van der Waals surface area (Å²) in [4.78, 5) is 7.55. The highest BCUT2D eigenvalue weighted by molar-refractivity contribution is 5.74. The van der Waals surface area contributed by atoms with Crippen LogP contribution in [-0.4, -0.2) is 37.7 Å². The first-order chi connectivity index (χ1) is 10.3. The third-order valence-electron chi connectivity index (χ3n) is 4.93. The van der Waals surface area contributed by atoms with E-state index in [0.29, 0.717) is 17.9 Å². The van der Waals surface area contributed by atoms with Crippen molar-refractivity contribution in [3.8, 4) is 0 Å². The standard InChI is InChI=1S/C15H20N6/c1-3-9-6-10(16-2)7-11(9)15-20-19-13-8-18-14-12(21(13)15)4-5-17-14/h4-5,8-11,16-17H,3,6-7H2,1-2H3/t9-,10+,11+/m1/s1. The monoisotopic (exact) mass is 284 g/mol. The molecule has 6 heteroatoms. The normalized spacial score (nSPS) is 26.1. The maximum absolute atomic E-state index is 4.51. The third-order valence-corrected chi connectivity index (χ3v) is 4.93. The van der Waals surface area contributed by atoms with Crippen molar-refractivity contribution in [2.45, 2.75) is 38.1 Å². The maximum Gasteiger partial charge on any atom is 0.179 e. The van der Waals surface area contributed by atoms with E-state index in [4.69, 9.17) is 0 Å². The summed E-state index contributed by atoms with van der Waals surface area (Å²) in [5, 5.41) is 12.3. The van der Waals surface area contributed by atoms with Crippen LogP contribution in [0.2, 0.25) is 0 Å². The molecule has 3 aromatic rings. The van der Waals surface area contributed by atoms with Crippen molar-refractivity contribution in [3.63, 3.8) is 0 Å². The van der Waals surface area contributed by atoms with E-state index in [1.807, 2.05) is 12.3 Å². The van der Waals surface area contributed by atoms with E-state index < -0.39 is 0 Å². The van der Waals surface area contributed by atoms with Crippen LogP contribution in [0.3, 0.4) is 0 Å². The Labute approximate surface area is 123 Å². The Hall–Kier alpha value is -1.95. The van der Waals surface area contributed by atoms with E-state index in [1.54, 1.807) is 6.20 Å². The lowest BCUT2D eigenvalue weighted by molar-refractivity contribution is 0.448. The Morgan fingerprint density at radius 2 is 2.29 bits per heavy atom. The van der Waals surface area contributed by atoms with Crippen LogP contribution in [0, 0.1) is 5.92 Å². The predicted molar refractivity (Wildman–Crippen MR) is 81.2 cm³/mol. The van der Waals surface area contributed by atoms with Gasteiger partial charge in [0.2, 0.25) is 0 Å². The number of hydrogen-bond acceptors (Lipinski definition) is 4. The summed E-state index contributed by atoms with van der Waals surface area (Å²) in [6.45, 7) is 2.27. The van der Waals surface area contributed by atoms with Crippen molar-refractivity contribution in [2.24, 2.45) is 5.92 Å². The fourth-order valence-corrected chi connectivity index (χ4v) is 3.77. The van der Waals surface area contributed by atoms with Crippen molar-refractivity contribution >= 4 is 16.8 Å². The zero-order valence-corrected chi connectivity index (χ0v) is 12.4. The first kappa shape index (κ1) is 12.8. The van der Waals surface area contributed by atoms with Gasteiger partial charge in [0, 0.05) is 18.2 Å². The van der Waals surface area contributed by atoms with Crippen molar-refractivity contribution in [1.82, 2.24) is 29.9 Å². The molecular weight excluding hydrogens is 264 g/mol. The van der Waals surface area contributed by atoms with Crippen LogP contribution in [0.15, 0.2) is 18.5 Å². The second-order valence-electron chi connectivity index (χ2n) is 5.95. The number of nitrogens with zero attached hydrogens (tertiary/aromatic N) is 4. The zero-order chi connectivity index (χ0) is 14.4. The quantitative estimate of drug-likeness (QED) is 0.772. The number of fused-ring (bicyclic) bond motifs is 3. The Morgan fingerprint density at radius 1 is 1.38 bits per heavy atom. The number of aromatic nitrogens is 5. The molecule has 3 atom stereocenters. The van der Waals surface area contributed by atoms with Crippen molar-refractivity contribution in [3.05, 3.63) is 24.3 Å². The van der Waals surface area contributed by atoms with Crippen molar-refractivity contribution < 1.29 is 0 Å². The van der Waals surface area contributed by atoms with E-state index in [1.165, 1.54) is 12.8 Å². The number of aromatic amines is 1. The Bertz CT molecular complexity index is 773. The van der Waals surface area contributed by atoms with Gasteiger partial charge in [0.1, 0.15) is 5.82 Å². The van der Waals surface area contributed by atoms with Gasteiger partial charge in [0.15, 0.2) is 11.3 Å². The van der Waals surface area contributed by atoms with Crippen LogP contribution in [-0.2, 0) is 0 Å². The van der Waals surface area contributed by atoms with Crippen LogP contribution in [0.1, 0.15) is 37.9 Å². The molecule has 1 aliphatic rings. The van der Waals surface area contributed by atoms with Crippen molar-refractivity contribution in [2.75, 3.05) is 7.05 Å². The molecule has 0 bridgehead atoms. The second-order valence-corrected chi connectivity index (χ2v) is 5.95. The number of nitrogens with one attached hydrogen (secondary N) is 2. The Morgan fingerprint density at radius 3 is 3.10 bits per heavy atom. The molecule has 3 aromatic heterocycles. The van der Waals surface area contributed by atoms with Crippen LogP contribution in [0.5, 0.6) is 0 Å². The molecule has 0 aliphatic heterocycles. The second kappa shape index (κ2) is 4.80. The molecule has 1 fully saturated rings. The number of H-pyrrole nitrogens is 1. The predicted octanol–water partition coefficient (Wildman–Crippen LogP) is 2.10. The number of rotatable bonds is 3. The Kier molecular flexibility index (Phi) is 2.92. The average molecular weight is 284 g/mol. The molecule has 1 saturated carbocycles. The minimum Gasteiger partial charge on any atom is -0.345 e. The van der Waals surface area contributed by atoms with Crippen LogP contribution in [0.25, 0.3) is 16.8 Å². The summed E-state index contributed by atoms with van der Waals surface area (Å²) in [7, 11) is 2.05. The smallest absolute Gasteiger partial charge is 0.179 e. The fourth-order valence-electron chi connectivity index (χ4n) is 3.77. The molecular formula is C15H20N6. The summed E-state index contributed by atoms with van der Waals surface area (Å²) in [6, 6.07) is 2.63. The van der Waals surface area contributed by atoms with Crippen LogP contribution < -0.4 is 5.32 Å². The third kappa shape index (κ3) is 1.86. The molecule has 6 nitrogen and oxygen atoms in total. The fraction of sp³-hybridized carbons (Fsp3) is 0.533. The molecule has 21 heavy (non-hydrogen) atoms. The molecule has 0 radical (unpaired) electrons. The van der Waals surface area contributed by atoms with Gasteiger partial charge in [-0.05, 0) is 31.9 Å². The average Bonchev–Trinajstić information content (AvgIpc) is 3.22. The summed E-state index contributed by atoms with van der Waals surface area (Å²) in [5.74, 6) is 2.21. The van der Waals surface area contributed by atoms with E-state index >= 15 is 0 Å². The summed E-state index contributed by atoms with van der Waals surface area (Å²) in [6.07, 6.45) is 7.24. The van der Waals surface area contributed by atoms with E-state index in [-0.39, 0.29) is 0 Å². The molecule has 0 spiro atoms. The summed E-state index contributed by atoms with van der Waals surface area (Å²) < 4.78 is 2.17. The van der Waals surface area contributed by atoms with Gasteiger partial charge in [-0.3, -0.25) is 4.40 Å². The minimum absolute atomic E-state index is 0.461. The summed E-state index contributed by atoms with van der Waals surface area (Å²) >= 11 is 0. The largest absolute Gasteiger partial charge is 0.345 e. The van der Waals surface area contributed by atoms with Gasteiger partial charge >= 0.3 is 0 Å². The first-order valence-corrected chi connectivity index (χ1v) is 7.66. The molecule has 110 valence electrons. The lowest BCUT2D eigenvalue weighted by atomic mass is 9.93. The highest BCUT2D eigenvalue weighted by Crippen LogP contribution is 2.41. The van der Waals surface area contributed by atoms with Gasteiger partial charge < -0.3 is 10.3 Å². The topological polar surface area (TPSA) is 70.9 Å². The molecule has 0 amide bonds. The highest BCUT2D eigenvalue weighted by atomic mass is 15.3. The molecule has 3 heterocycles.